The van der Waals surface area contributed by atoms with Crippen LogP contribution in [0.1, 0.15) is 26.7 Å². The van der Waals surface area contributed by atoms with Crippen molar-refractivity contribution in [1.29, 1.82) is 0 Å². The second-order valence-electron chi connectivity index (χ2n) is 5.59. The lowest BCUT2D eigenvalue weighted by molar-refractivity contribution is 0.313. The fourth-order valence-corrected chi connectivity index (χ4v) is 4.84. The SMILES string of the molecule is COc1ccc(OC)c(S(=O)(=O)N2CCCC2C(C)C)c1. The molecule has 5 nitrogen and oxygen atoms in total. The summed E-state index contributed by atoms with van der Waals surface area (Å²) in [5.41, 5.74) is 0. The van der Waals surface area contributed by atoms with Crippen LogP contribution in [0, 0.1) is 5.92 Å². The van der Waals surface area contributed by atoms with Crippen LogP contribution in [0.3, 0.4) is 0 Å². The molecule has 118 valence electrons. The third kappa shape index (κ3) is 3.01. The molecule has 1 heterocycles. The molecule has 1 aromatic carbocycles. The maximum Gasteiger partial charge on any atom is 0.247 e. The topological polar surface area (TPSA) is 55.8 Å². The van der Waals surface area contributed by atoms with Crippen molar-refractivity contribution in [1.82, 2.24) is 4.31 Å². The summed E-state index contributed by atoms with van der Waals surface area (Å²) in [4.78, 5) is 0.178. The van der Waals surface area contributed by atoms with Gasteiger partial charge in [-0.25, -0.2) is 8.42 Å². The van der Waals surface area contributed by atoms with Gasteiger partial charge in [0.15, 0.2) is 0 Å². The quantitative estimate of drug-likeness (QED) is 0.838. The number of hydrogen-bond acceptors (Lipinski definition) is 4. The Hall–Kier alpha value is -1.27. The van der Waals surface area contributed by atoms with Crippen molar-refractivity contribution in [2.75, 3.05) is 20.8 Å². The van der Waals surface area contributed by atoms with Crippen molar-refractivity contribution >= 4 is 10.0 Å². The molecular formula is C15H23NO4S. The Labute approximate surface area is 126 Å². The number of benzene rings is 1. The van der Waals surface area contributed by atoms with Gasteiger partial charge in [0.2, 0.25) is 10.0 Å². The van der Waals surface area contributed by atoms with E-state index in [9.17, 15) is 8.42 Å². The molecule has 0 radical (unpaired) electrons. The van der Waals surface area contributed by atoms with Gasteiger partial charge in [-0.3, -0.25) is 0 Å². The Morgan fingerprint density at radius 1 is 1.24 bits per heavy atom. The normalized spacial score (nSPS) is 20.0. The van der Waals surface area contributed by atoms with Crippen molar-refractivity contribution in [3.63, 3.8) is 0 Å². The van der Waals surface area contributed by atoms with E-state index < -0.39 is 10.0 Å². The number of nitrogens with zero attached hydrogens (tertiary/aromatic N) is 1. The van der Waals surface area contributed by atoms with Gasteiger partial charge in [-0.2, -0.15) is 4.31 Å². The summed E-state index contributed by atoms with van der Waals surface area (Å²) in [6.45, 7) is 4.67. The predicted octanol–water partition coefficient (Wildman–Crippen LogP) is 2.51. The van der Waals surface area contributed by atoms with Crippen LogP contribution in [0.15, 0.2) is 23.1 Å². The Bertz CT molecular complexity index is 598. The molecule has 0 aromatic heterocycles. The minimum Gasteiger partial charge on any atom is -0.497 e. The average Bonchev–Trinajstić information content (AvgIpc) is 2.97. The molecule has 21 heavy (non-hydrogen) atoms. The van der Waals surface area contributed by atoms with Gasteiger partial charge in [0, 0.05) is 18.7 Å². The highest BCUT2D eigenvalue weighted by molar-refractivity contribution is 7.89. The van der Waals surface area contributed by atoms with Crippen molar-refractivity contribution in [2.24, 2.45) is 5.92 Å². The number of methoxy groups -OCH3 is 2. The maximum absolute atomic E-state index is 13.0. The Kier molecular flexibility index (Phi) is 4.78. The molecule has 1 atom stereocenters. The summed E-state index contributed by atoms with van der Waals surface area (Å²) in [5.74, 6) is 1.15. The van der Waals surface area contributed by atoms with Crippen LogP contribution in [0.25, 0.3) is 0 Å². The molecule has 1 aromatic rings. The first-order chi connectivity index (χ1) is 9.91. The highest BCUT2D eigenvalue weighted by atomic mass is 32.2. The summed E-state index contributed by atoms with van der Waals surface area (Å²) in [6.07, 6.45) is 1.80. The van der Waals surface area contributed by atoms with Crippen LogP contribution in [0.4, 0.5) is 0 Å². The Morgan fingerprint density at radius 3 is 2.52 bits per heavy atom. The first-order valence-corrected chi connectivity index (χ1v) is 8.59. The lowest BCUT2D eigenvalue weighted by Gasteiger charge is -2.27. The molecule has 1 saturated heterocycles. The number of ether oxygens (including phenoxy) is 2. The molecule has 1 unspecified atom stereocenters. The van der Waals surface area contributed by atoms with E-state index in [-0.39, 0.29) is 10.9 Å². The summed E-state index contributed by atoms with van der Waals surface area (Å²) >= 11 is 0. The fraction of sp³-hybridized carbons (Fsp3) is 0.600. The molecule has 1 aliphatic heterocycles. The summed E-state index contributed by atoms with van der Waals surface area (Å²) in [7, 11) is -0.584. The Balaban J connectivity index is 2.48. The van der Waals surface area contributed by atoms with E-state index >= 15 is 0 Å². The van der Waals surface area contributed by atoms with Crippen molar-refractivity contribution in [3.8, 4) is 11.5 Å². The summed E-state index contributed by atoms with van der Waals surface area (Å²) in [5, 5.41) is 0. The molecule has 2 rings (SSSR count). The third-order valence-corrected chi connectivity index (χ3v) is 5.92. The van der Waals surface area contributed by atoms with Gasteiger partial charge in [0.05, 0.1) is 14.2 Å². The molecule has 0 bridgehead atoms. The number of sulfonamides is 1. The molecule has 0 amide bonds. The van der Waals surface area contributed by atoms with Gasteiger partial charge in [-0.1, -0.05) is 13.8 Å². The zero-order chi connectivity index (χ0) is 15.6. The van der Waals surface area contributed by atoms with E-state index in [1.54, 1.807) is 16.4 Å². The smallest absolute Gasteiger partial charge is 0.247 e. The Morgan fingerprint density at radius 2 is 1.95 bits per heavy atom. The lowest BCUT2D eigenvalue weighted by Crippen LogP contribution is -2.38. The van der Waals surface area contributed by atoms with Crippen LogP contribution < -0.4 is 9.47 Å². The zero-order valence-corrected chi connectivity index (χ0v) is 13.8. The largest absolute Gasteiger partial charge is 0.497 e. The second kappa shape index (κ2) is 6.23. The standard InChI is InChI=1S/C15H23NO4S/c1-11(2)13-6-5-9-16(13)21(17,18)15-10-12(19-3)7-8-14(15)20-4/h7-8,10-11,13H,5-6,9H2,1-4H3. The van der Waals surface area contributed by atoms with Gasteiger partial charge in [0.25, 0.3) is 0 Å². The average molecular weight is 313 g/mol. The molecule has 6 heteroatoms. The van der Waals surface area contributed by atoms with E-state index in [2.05, 4.69) is 13.8 Å². The summed E-state index contributed by atoms with van der Waals surface area (Å²) < 4.78 is 38.0. The van der Waals surface area contributed by atoms with Crippen molar-refractivity contribution in [3.05, 3.63) is 18.2 Å². The zero-order valence-electron chi connectivity index (χ0n) is 13.0. The first-order valence-electron chi connectivity index (χ1n) is 7.15. The number of hydrogen-bond donors (Lipinski definition) is 0. The van der Waals surface area contributed by atoms with Crippen LogP contribution in [-0.4, -0.2) is 39.5 Å². The minimum absolute atomic E-state index is 0.0471. The molecular weight excluding hydrogens is 290 g/mol. The summed E-state index contributed by atoms with van der Waals surface area (Å²) in [6, 6.07) is 4.91. The lowest BCUT2D eigenvalue weighted by atomic mass is 10.0. The molecule has 0 saturated carbocycles. The number of rotatable bonds is 5. The van der Waals surface area contributed by atoms with Crippen LogP contribution in [-0.2, 0) is 10.0 Å². The van der Waals surface area contributed by atoms with Gasteiger partial charge in [0.1, 0.15) is 16.4 Å². The van der Waals surface area contributed by atoms with Crippen molar-refractivity contribution < 1.29 is 17.9 Å². The minimum atomic E-state index is -3.58. The third-order valence-electron chi connectivity index (χ3n) is 3.98. The second-order valence-corrected chi connectivity index (χ2v) is 7.45. The molecule has 0 N–H and O–H groups in total. The highest BCUT2D eigenvalue weighted by Gasteiger charge is 2.38. The van der Waals surface area contributed by atoms with E-state index in [1.165, 1.54) is 20.3 Å². The molecule has 1 aliphatic rings. The van der Waals surface area contributed by atoms with Gasteiger partial charge in [-0.05, 0) is 30.9 Å². The molecule has 0 spiro atoms. The molecule has 0 aliphatic carbocycles. The van der Waals surface area contributed by atoms with Crippen LogP contribution in [0.5, 0.6) is 11.5 Å². The fourth-order valence-electron chi connectivity index (χ4n) is 2.84. The highest BCUT2D eigenvalue weighted by Crippen LogP contribution is 2.35. The van der Waals surface area contributed by atoms with Crippen LogP contribution >= 0.6 is 0 Å². The van der Waals surface area contributed by atoms with E-state index in [4.69, 9.17) is 9.47 Å². The van der Waals surface area contributed by atoms with E-state index in [1.807, 2.05) is 0 Å². The van der Waals surface area contributed by atoms with Crippen molar-refractivity contribution in [2.45, 2.75) is 37.6 Å². The monoisotopic (exact) mass is 313 g/mol. The van der Waals surface area contributed by atoms with Gasteiger partial charge < -0.3 is 9.47 Å². The first kappa shape index (κ1) is 16.1. The van der Waals surface area contributed by atoms with E-state index in [0.29, 0.717) is 24.0 Å². The predicted molar refractivity (Wildman–Crippen MR) is 81.3 cm³/mol. The maximum atomic E-state index is 13.0. The van der Waals surface area contributed by atoms with E-state index in [0.717, 1.165) is 12.8 Å². The van der Waals surface area contributed by atoms with Gasteiger partial charge in [-0.15, -0.1) is 0 Å². The molecule has 1 fully saturated rings. The van der Waals surface area contributed by atoms with Gasteiger partial charge >= 0.3 is 0 Å². The van der Waals surface area contributed by atoms with Crippen LogP contribution in [0.2, 0.25) is 0 Å².